The minimum Gasteiger partial charge on any atom is -0.453 e. The number of nitrogens with one attached hydrogen (secondary N) is 2. The molecular formula is C16H29N3O4. The van der Waals surface area contributed by atoms with Crippen LogP contribution in [0.1, 0.15) is 47.0 Å². The molecule has 7 heteroatoms. The Morgan fingerprint density at radius 2 is 1.87 bits per heavy atom. The Kier molecular flexibility index (Phi) is 7.32. The van der Waals surface area contributed by atoms with Gasteiger partial charge in [-0.15, -0.1) is 0 Å². The first-order valence-electron chi connectivity index (χ1n) is 8.27. The highest BCUT2D eigenvalue weighted by atomic mass is 16.5. The normalized spacial score (nSPS) is 20.1. The lowest BCUT2D eigenvalue weighted by Crippen LogP contribution is -2.55. The van der Waals surface area contributed by atoms with Gasteiger partial charge in [0.15, 0.2) is 0 Å². The van der Waals surface area contributed by atoms with E-state index in [9.17, 15) is 14.4 Å². The van der Waals surface area contributed by atoms with Gasteiger partial charge in [-0.05, 0) is 32.1 Å². The van der Waals surface area contributed by atoms with Gasteiger partial charge < -0.3 is 20.3 Å². The molecule has 3 amide bonds. The van der Waals surface area contributed by atoms with Crippen LogP contribution < -0.4 is 10.6 Å². The summed E-state index contributed by atoms with van der Waals surface area (Å²) in [5.74, 6) is -0.446. The maximum Gasteiger partial charge on any atom is 0.407 e. The smallest absolute Gasteiger partial charge is 0.407 e. The molecule has 132 valence electrons. The molecule has 7 nitrogen and oxygen atoms in total. The number of carbonyl (C=O) groups excluding carboxylic acids is 3. The molecule has 1 saturated heterocycles. The van der Waals surface area contributed by atoms with E-state index in [-0.39, 0.29) is 23.8 Å². The summed E-state index contributed by atoms with van der Waals surface area (Å²) in [7, 11) is 1.26. The first-order chi connectivity index (χ1) is 10.8. The second kappa shape index (κ2) is 8.74. The van der Waals surface area contributed by atoms with Gasteiger partial charge in [0, 0.05) is 12.6 Å². The predicted molar refractivity (Wildman–Crippen MR) is 86.8 cm³/mol. The number of amides is 3. The summed E-state index contributed by atoms with van der Waals surface area (Å²) in [5, 5.41) is 5.50. The predicted octanol–water partition coefficient (Wildman–Crippen LogP) is 1.27. The van der Waals surface area contributed by atoms with Gasteiger partial charge in [-0.1, -0.05) is 20.8 Å². The monoisotopic (exact) mass is 327 g/mol. The first kappa shape index (κ1) is 19.3. The summed E-state index contributed by atoms with van der Waals surface area (Å²) in [6.45, 7) is 8.17. The Morgan fingerprint density at radius 1 is 1.22 bits per heavy atom. The van der Waals surface area contributed by atoms with Crippen LogP contribution in [0.3, 0.4) is 0 Å². The lowest BCUT2D eigenvalue weighted by Gasteiger charge is -2.30. The molecule has 0 spiro atoms. The van der Waals surface area contributed by atoms with Crippen LogP contribution in [-0.2, 0) is 14.3 Å². The van der Waals surface area contributed by atoms with Crippen molar-refractivity contribution >= 4 is 17.9 Å². The van der Waals surface area contributed by atoms with Crippen LogP contribution in [-0.4, -0.2) is 54.6 Å². The highest BCUT2D eigenvalue weighted by Gasteiger charge is 2.38. The van der Waals surface area contributed by atoms with Gasteiger partial charge in [0.1, 0.15) is 12.1 Å². The average molecular weight is 327 g/mol. The van der Waals surface area contributed by atoms with Crippen molar-refractivity contribution < 1.29 is 19.1 Å². The third-order valence-electron chi connectivity index (χ3n) is 4.23. The molecule has 0 radical (unpaired) electrons. The Hall–Kier alpha value is -1.79. The summed E-state index contributed by atoms with van der Waals surface area (Å²) in [6, 6.07) is -1.08. The van der Waals surface area contributed by atoms with E-state index in [1.54, 1.807) is 4.90 Å². The van der Waals surface area contributed by atoms with Gasteiger partial charge in [-0.3, -0.25) is 9.59 Å². The van der Waals surface area contributed by atoms with E-state index in [0.717, 1.165) is 12.8 Å². The molecule has 0 aromatic carbocycles. The zero-order valence-corrected chi connectivity index (χ0v) is 14.7. The van der Waals surface area contributed by atoms with Crippen LogP contribution in [0.5, 0.6) is 0 Å². The summed E-state index contributed by atoms with van der Waals surface area (Å²) in [6.07, 6.45) is 1.63. The van der Waals surface area contributed by atoms with E-state index in [1.165, 1.54) is 7.11 Å². The van der Waals surface area contributed by atoms with Crippen LogP contribution in [0, 0.1) is 5.92 Å². The Balaban J connectivity index is 2.82. The van der Waals surface area contributed by atoms with Gasteiger partial charge in [0.05, 0.1) is 7.11 Å². The number of hydrogen-bond acceptors (Lipinski definition) is 4. The van der Waals surface area contributed by atoms with Crippen molar-refractivity contribution in [2.45, 2.75) is 65.1 Å². The SMILES string of the molecule is CCC(C)NC(=O)[C@@H]1CCCN1C(=O)[C@@H](NC(=O)OC)C(C)C. The van der Waals surface area contributed by atoms with Gasteiger partial charge >= 0.3 is 6.09 Å². The van der Waals surface area contributed by atoms with Gasteiger partial charge in [0.25, 0.3) is 0 Å². The number of alkyl carbamates (subject to hydrolysis) is 1. The molecule has 1 rings (SSSR count). The molecule has 1 fully saturated rings. The fraction of sp³-hybridized carbons (Fsp3) is 0.812. The number of likely N-dealkylation sites (tertiary alicyclic amines) is 1. The molecular weight excluding hydrogens is 298 g/mol. The molecule has 1 unspecified atom stereocenters. The van der Waals surface area contributed by atoms with Crippen LogP contribution >= 0.6 is 0 Å². The second-order valence-corrected chi connectivity index (χ2v) is 6.37. The molecule has 3 atom stereocenters. The lowest BCUT2D eigenvalue weighted by molar-refractivity contribution is -0.141. The Morgan fingerprint density at radius 3 is 2.39 bits per heavy atom. The van der Waals surface area contributed by atoms with Crippen molar-refractivity contribution in [3.8, 4) is 0 Å². The Bertz CT molecular complexity index is 439. The maximum absolute atomic E-state index is 12.8. The molecule has 0 bridgehead atoms. The second-order valence-electron chi connectivity index (χ2n) is 6.37. The molecule has 0 aliphatic carbocycles. The van der Waals surface area contributed by atoms with Crippen molar-refractivity contribution in [3.63, 3.8) is 0 Å². The van der Waals surface area contributed by atoms with E-state index in [2.05, 4.69) is 15.4 Å². The van der Waals surface area contributed by atoms with Crippen molar-refractivity contribution in [2.75, 3.05) is 13.7 Å². The summed E-state index contributed by atoms with van der Waals surface area (Å²) >= 11 is 0. The quantitative estimate of drug-likeness (QED) is 0.769. The highest BCUT2D eigenvalue weighted by Crippen LogP contribution is 2.20. The summed E-state index contributed by atoms with van der Waals surface area (Å²) in [4.78, 5) is 38.2. The van der Waals surface area contributed by atoms with Gasteiger partial charge in [0.2, 0.25) is 11.8 Å². The lowest BCUT2D eigenvalue weighted by atomic mass is 10.0. The van der Waals surface area contributed by atoms with Crippen LogP contribution in [0.2, 0.25) is 0 Å². The van der Waals surface area contributed by atoms with Crippen LogP contribution in [0.15, 0.2) is 0 Å². The van der Waals surface area contributed by atoms with E-state index < -0.39 is 18.2 Å². The maximum atomic E-state index is 12.8. The largest absolute Gasteiger partial charge is 0.453 e. The van der Waals surface area contributed by atoms with Crippen LogP contribution in [0.4, 0.5) is 4.79 Å². The number of rotatable bonds is 6. The van der Waals surface area contributed by atoms with Gasteiger partial charge in [-0.25, -0.2) is 4.79 Å². The number of nitrogens with zero attached hydrogens (tertiary/aromatic N) is 1. The number of ether oxygens (including phenoxy) is 1. The van der Waals surface area contributed by atoms with Crippen molar-refractivity contribution in [2.24, 2.45) is 5.92 Å². The third-order valence-corrected chi connectivity index (χ3v) is 4.23. The molecule has 0 saturated carbocycles. The van der Waals surface area contributed by atoms with Crippen molar-refractivity contribution in [3.05, 3.63) is 0 Å². The number of hydrogen-bond donors (Lipinski definition) is 2. The van der Waals surface area contributed by atoms with Gasteiger partial charge in [-0.2, -0.15) is 0 Å². The molecule has 0 aromatic rings. The average Bonchev–Trinajstić information content (AvgIpc) is 3.00. The van der Waals surface area contributed by atoms with E-state index in [0.29, 0.717) is 13.0 Å². The number of methoxy groups -OCH3 is 1. The Labute approximate surface area is 138 Å². The van der Waals surface area contributed by atoms with Crippen molar-refractivity contribution in [1.82, 2.24) is 15.5 Å². The molecule has 1 aliphatic heterocycles. The molecule has 0 aromatic heterocycles. The minimum absolute atomic E-state index is 0.0779. The van der Waals surface area contributed by atoms with E-state index in [1.807, 2.05) is 27.7 Å². The molecule has 23 heavy (non-hydrogen) atoms. The minimum atomic E-state index is -0.695. The summed E-state index contributed by atoms with van der Waals surface area (Å²) < 4.78 is 4.59. The highest BCUT2D eigenvalue weighted by molar-refractivity contribution is 5.92. The topological polar surface area (TPSA) is 87.7 Å². The first-order valence-corrected chi connectivity index (χ1v) is 8.27. The summed E-state index contributed by atoms with van der Waals surface area (Å²) in [5.41, 5.74) is 0. The van der Waals surface area contributed by atoms with E-state index >= 15 is 0 Å². The zero-order chi connectivity index (χ0) is 17.6. The molecule has 1 heterocycles. The van der Waals surface area contributed by atoms with Crippen LogP contribution in [0.25, 0.3) is 0 Å². The standard InChI is InChI=1S/C16H29N3O4/c1-6-11(4)17-14(20)12-8-7-9-19(12)15(21)13(10(2)3)18-16(22)23-5/h10-13H,6-9H2,1-5H3,(H,17,20)(H,18,22)/t11?,12-,13-/m0/s1. The van der Waals surface area contributed by atoms with Crippen molar-refractivity contribution in [1.29, 1.82) is 0 Å². The molecule has 1 aliphatic rings. The zero-order valence-electron chi connectivity index (χ0n) is 14.7. The fourth-order valence-corrected chi connectivity index (χ4v) is 2.62. The molecule has 2 N–H and O–H groups in total. The third kappa shape index (κ3) is 5.11. The fourth-order valence-electron chi connectivity index (χ4n) is 2.62. The van der Waals surface area contributed by atoms with E-state index in [4.69, 9.17) is 0 Å². The number of carbonyl (C=O) groups is 3.